The van der Waals surface area contributed by atoms with Crippen molar-refractivity contribution in [2.75, 3.05) is 19.3 Å². The van der Waals surface area contributed by atoms with Crippen molar-refractivity contribution in [2.24, 2.45) is 5.73 Å². The predicted octanol–water partition coefficient (Wildman–Crippen LogP) is 2.56. The molecule has 0 aliphatic carbocycles. The van der Waals surface area contributed by atoms with E-state index in [1.165, 1.54) is 0 Å². The van der Waals surface area contributed by atoms with Crippen LogP contribution >= 0.6 is 11.8 Å². The van der Waals surface area contributed by atoms with E-state index in [0.29, 0.717) is 0 Å². The zero-order valence-electron chi connectivity index (χ0n) is 9.42. The van der Waals surface area contributed by atoms with Crippen LogP contribution in [-0.4, -0.2) is 25.5 Å². The predicted molar refractivity (Wildman–Crippen MR) is 64.1 cm³/mol. The van der Waals surface area contributed by atoms with Gasteiger partial charge in [0.05, 0.1) is 6.54 Å². The second-order valence-electron chi connectivity index (χ2n) is 3.56. The summed E-state index contributed by atoms with van der Waals surface area (Å²) < 4.78 is 36.2. The smallest absolute Gasteiger partial charge is 0.329 e. The first-order valence-corrected chi connectivity index (χ1v) is 6.33. The number of rotatable bonds is 5. The van der Waals surface area contributed by atoms with Gasteiger partial charge in [0.1, 0.15) is 0 Å². The summed E-state index contributed by atoms with van der Waals surface area (Å²) in [5, 5.41) is 2.41. The van der Waals surface area contributed by atoms with Crippen molar-refractivity contribution in [3.63, 3.8) is 0 Å². The summed E-state index contributed by atoms with van der Waals surface area (Å²) in [7, 11) is 0. The van der Waals surface area contributed by atoms with Crippen molar-refractivity contribution < 1.29 is 13.2 Å². The monoisotopic (exact) mass is 264 g/mol. The Hall–Kier alpha value is -0.720. The first kappa shape index (κ1) is 14.3. The average molecular weight is 264 g/mol. The van der Waals surface area contributed by atoms with Gasteiger partial charge in [0.15, 0.2) is 0 Å². The van der Waals surface area contributed by atoms with Gasteiger partial charge in [-0.25, -0.2) is 0 Å². The number of hydrogen-bond donors (Lipinski definition) is 2. The lowest BCUT2D eigenvalue weighted by atomic mass is 10.1. The quantitative estimate of drug-likeness (QED) is 0.803. The Kier molecular flexibility index (Phi) is 5.30. The Balaban J connectivity index is 2.66. The number of alkyl halides is 3. The molecule has 0 spiro atoms. The summed E-state index contributed by atoms with van der Waals surface area (Å²) in [5.41, 5.74) is 6.24. The zero-order chi connectivity index (χ0) is 12.9. The fourth-order valence-corrected chi connectivity index (χ4v) is 1.82. The van der Waals surface area contributed by atoms with Crippen LogP contribution in [0.15, 0.2) is 29.2 Å². The van der Waals surface area contributed by atoms with Crippen LogP contribution in [0.25, 0.3) is 0 Å². The molecule has 0 fully saturated rings. The van der Waals surface area contributed by atoms with Crippen LogP contribution in [0.2, 0.25) is 0 Å². The van der Waals surface area contributed by atoms with E-state index in [9.17, 15) is 13.2 Å². The van der Waals surface area contributed by atoms with Gasteiger partial charge in [0, 0.05) is 17.5 Å². The average Bonchev–Trinajstić information content (AvgIpc) is 2.29. The van der Waals surface area contributed by atoms with Gasteiger partial charge in [-0.2, -0.15) is 13.2 Å². The SMILES string of the molecule is CSc1ccc(C(CN)NCC(F)(F)F)cc1. The summed E-state index contributed by atoms with van der Waals surface area (Å²) in [6.45, 7) is -0.895. The molecule has 3 N–H and O–H groups in total. The highest BCUT2D eigenvalue weighted by Gasteiger charge is 2.28. The lowest BCUT2D eigenvalue weighted by Gasteiger charge is -2.18. The maximum absolute atomic E-state index is 12.1. The van der Waals surface area contributed by atoms with Crippen LogP contribution < -0.4 is 11.1 Å². The third kappa shape index (κ3) is 4.97. The second-order valence-corrected chi connectivity index (χ2v) is 4.44. The number of hydrogen-bond acceptors (Lipinski definition) is 3. The summed E-state index contributed by atoms with van der Waals surface area (Å²) in [5.74, 6) is 0. The normalized spacial score (nSPS) is 13.7. The molecule has 0 aliphatic rings. The molecule has 0 bridgehead atoms. The van der Waals surface area contributed by atoms with Gasteiger partial charge in [0.2, 0.25) is 0 Å². The Morgan fingerprint density at radius 1 is 1.29 bits per heavy atom. The van der Waals surface area contributed by atoms with Crippen LogP contribution in [-0.2, 0) is 0 Å². The molecule has 1 aromatic carbocycles. The summed E-state index contributed by atoms with van der Waals surface area (Å²) >= 11 is 1.58. The molecule has 1 unspecified atom stereocenters. The fraction of sp³-hybridized carbons (Fsp3) is 0.455. The highest BCUT2D eigenvalue weighted by molar-refractivity contribution is 7.98. The molecule has 0 amide bonds. The largest absolute Gasteiger partial charge is 0.401 e. The summed E-state index contributed by atoms with van der Waals surface area (Å²) in [6, 6.07) is 6.88. The molecule has 96 valence electrons. The molecule has 17 heavy (non-hydrogen) atoms. The third-order valence-electron chi connectivity index (χ3n) is 2.30. The molecule has 1 atom stereocenters. The van der Waals surface area contributed by atoms with E-state index in [1.807, 2.05) is 18.4 Å². The first-order valence-electron chi connectivity index (χ1n) is 5.10. The zero-order valence-corrected chi connectivity index (χ0v) is 10.2. The molecule has 0 heterocycles. The molecule has 0 radical (unpaired) electrons. The minimum absolute atomic E-state index is 0.134. The minimum atomic E-state index is -4.22. The van der Waals surface area contributed by atoms with Crippen LogP contribution in [0.3, 0.4) is 0 Å². The van der Waals surface area contributed by atoms with E-state index in [0.717, 1.165) is 10.5 Å². The number of thioether (sulfide) groups is 1. The molecule has 6 heteroatoms. The fourth-order valence-electron chi connectivity index (χ4n) is 1.41. The highest BCUT2D eigenvalue weighted by Crippen LogP contribution is 2.20. The van der Waals surface area contributed by atoms with Gasteiger partial charge >= 0.3 is 6.18 Å². The van der Waals surface area contributed by atoms with E-state index in [4.69, 9.17) is 5.73 Å². The number of benzene rings is 1. The van der Waals surface area contributed by atoms with Crippen LogP contribution in [0.4, 0.5) is 13.2 Å². The second kappa shape index (κ2) is 6.28. The first-order chi connectivity index (χ1) is 7.96. The van der Waals surface area contributed by atoms with Gasteiger partial charge in [-0.3, -0.25) is 0 Å². The molecule has 0 aliphatic heterocycles. The molecule has 0 aromatic heterocycles. The number of nitrogens with one attached hydrogen (secondary N) is 1. The van der Waals surface area contributed by atoms with Gasteiger partial charge in [-0.15, -0.1) is 11.8 Å². The van der Waals surface area contributed by atoms with Crippen molar-refractivity contribution in [3.05, 3.63) is 29.8 Å². The van der Waals surface area contributed by atoms with Gasteiger partial charge in [-0.1, -0.05) is 12.1 Å². The number of nitrogens with two attached hydrogens (primary N) is 1. The van der Waals surface area contributed by atoms with E-state index in [-0.39, 0.29) is 6.54 Å². The molecule has 1 aromatic rings. The lowest BCUT2D eigenvalue weighted by molar-refractivity contribution is -0.126. The Morgan fingerprint density at radius 2 is 1.88 bits per heavy atom. The minimum Gasteiger partial charge on any atom is -0.329 e. The van der Waals surface area contributed by atoms with E-state index >= 15 is 0 Å². The lowest BCUT2D eigenvalue weighted by Crippen LogP contribution is -2.35. The molecular formula is C11H15F3N2S. The van der Waals surface area contributed by atoms with Crippen molar-refractivity contribution in [3.8, 4) is 0 Å². The molecule has 0 saturated carbocycles. The van der Waals surface area contributed by atoms with Crippen molar-refractivity contribution in [1.82, 2.24) is 5.32 Å². The third-order valence-corrected chi connectivity index (χ3v) is 3.05. The molecule has 2 nitrogen and oxygen atoms in total. The van der Waals surface area contributed by atoms with Crippen LogP contribution in [0.5, 0.6) is 0 Å². The van der Waals surface area contributed by atoms with E-state index < -0.39 is 18.8 Å². The Labute approximate surface area is 103 Å². The van der Waals surface area contributed by atoms with Crippen molar-refractivity contribution in [1.29, 1.82) is 0 Å². The molecular weight excluding hydrogens is 249 g/mol. The van der Waals surface area contributed by atoms with Gasteiger partial charge < -0.3 is 11.1 Å². The molecule has 1 rings (SSSR count). The van der Waals surface area contributed by atoms with Crippen LogP contribution in [0.1, 0.15) is 11.6 Å². The Bertz CT molecular complexity index is 338. The topological polar surface area (TPSA) is 38.0 Å². The highest BCUT2D eigenvalue weighted by atomic mass is 32.2. The summed E-state index contributed by atoms with van der Waals surface area (Å²) in [6.07, 6.45) is -2.27. The van der Waals surface area contributed by atoms with Crippen molar-refractivity contribution in [2.45, 2.75) is 17.1 Å². The molecule has 0 saturated heterocycles. The standard InChI is InChI=1S/C11H15F3N2S/c1-17-9-4-2-8(3-5-9)10(6-15)16-7-11(12,13)14/h2-5,10,16H,6-7,15H2,1H3. The van der Waals surface area contributed by atoms with E-state index in [1.54, 1.807) is 23.9 Å². The van der Waals surface area contributed by atoms with Crippen molar-refractivity contribution >= 4 is 11.8 Å². The van der Waals surface area contributed by atoms with Crippen LogP contribution in [0, 0.1) is 0 Å². The van der Waals surface area contributed by atoms with E-state index in [2.05, 4.69) is 5.32 Å². The number of halogens is 3. The van der Waals surface area contributed by atoms with Gasteiger partial charge in [-0.05, 0) is 24.0 Å². The maximum Gasteiger partial charge on any atom is 0.401 e. The summed E-state index contributed by atoms with van der Waals surface area (Å²) in [4.78, 5) is 1.07. The Morgan fingerprint density at radius 3 is 2.29 bits per heavy atom. The van der Waals surface area contributed by atoms with Gasteiger partial charge in [0.25, 0.3) is 0 Å². The maximum atomic E-state index is 12.1.